The second-order valence-electron chi connectivity index (χ2n) is 3.79. The van der Waals surface area contributed by atoms with Gasteiger partial charge >= 0.3 is 5.97 Å². The topological polar surface area (TPSA) is 68.3 Å². The molecule has 5 nitrogen and oxygen atoms in total. The predicted octanol–water partition coefficient (Wildman–Crippen LogP) is 3.57. The number of ketones is 1. The molecule has 106 valence electrons. The zero-order valence-electron chi connectivity index (χ0n) is 10.7. The number of Topliss-reactive ketones (excluding diaryl/α,β-unsaturated/α-hetero) is 1. The summed E-state index contributed by atoms with van der Waals surface area (Å²) in [6.45, 7) is 1.98. The van der Waals surface area contributed by atoms with Crippen LogP contribution in [0.2, 0.25) is 0 Å². The number of hydrogen-bond acceptors (Lipinski definition) is 7. The van der Waals surface area contributed by atoms with Crippen molar-refractivity contribution in [3.05, 3.63) is 31.4 Å². The fourth-order valence-electron chi connectivity index (χ4n) is 1.48. The number of ether oxygens (including phenoxy) is 1. The number of esters is 1. The molecule has 8 heteroatoms. The summed E-state index contributed by atoms with van der Waals surface area (Å²) in [6, 6.07) is 1.96. The molecular formula is C12H11BrN2O3S2. The molecule has 0 aliphatic rings. The van der Waals surface area contributed by atoms with E-state index in [1.54, 1.807) is 11.3 Å². The Labute approximate surface area is 132 Å². The summed E-state index contributed by atoms with van der Waals surface area (Å²) >= 11 is 6.20. The van der Waals surface area contributed by atoms with Gasteiger partial charge in [-0.25, -0.2) is 9.78 Å². The van der Waals surface area contributed by atoms with Gasteiger partial charge in [0.05, 0.1) is 13.7 Å². The van der Waals surface area contributed by atoms with Crippen molar-refractivity contribution in [1.82, 2.24) is 4.98 Å². The van der Waals surface area contributed by atoms with E-state index in [4.69, 9.17) is 0 Å². The van der Waals surface area contributed by atoms with Crippen molar-refractivity contribution in [2.75, 3.05) is 12.4 Å². The van der Waals surface area contributed by atoms with Gasteiger partial charge in [0.25, 0.3) is 0 Å². The lowest BCUT2D eigenvalue weighted by Crippen LogP contribution is -2.07. The van der Waals surface area contributed by atoms with Crippen LogP contribution in [-0.4, -0.2) is 23.8 Å². The fraction of sp³-hybridized carbons (Fsp3) is 0.250. The molecule has 0 fully saturated rings. The highest BCUT2D eigenvalue weighted by molar-refractivity contribution is 9.10. The largest absolute Gasteiger partial charge is 0.464 e. The Morgan fingerprint density at radius 3 is 2.80 bits per heavy atom. The Morgan fingerprint density at radius 1 is 1.50 bits per heavy atom. The van der Waals surface area contributed by atoms with Crippen LogP contribution in [0.25, 0.3) is 0 Å². The monoisotopic (exact) mass is 374 g/mol. The van der Waals surface area contributed by atoms with Gasteiger partial charge in [-0.2, -0.15) is 0 Å². The van der Waals surface area contributed by atoms with Gasteiger partial charge in [-0.3, -0.25) is 4.79 Å². The quantitative estimate of drug-likeness (QED) is 0.639. The van der Waals surface area contributed by atoms with Crippen molar-refractivity contribution in [3.63, 3.8) is 0 Å². The number of nitrogens with one attached hydrogen (secondary N) is 1. The first-order valence-corrected chi connectivity index (χ1v) is 8.07. The van der Waals surface area contributed by atoms with Gasteiger partial charge in [-0.15, -0.1) is 11.3 Å². The van der Waals surface area contributed by atoms with E-state index in [-0.39, 0.29) is 11.5 Å². The smallest absolute Gasteiger partial charge is 0.358 e. The minimum absolute atomic E-state index is 0.0674. The Morgan fingerprint density at radius 2 is 2.25 bits per heavy atom. The molecule has 2 rings (SSSR count). The first kappa shape index (κ1) is 15.1. The van der Waals surface area contributed by atoms with E-state index in [1.165, 1.54) is 14.0 Å². The number of carbonyl (C=O) groups is 2. The number of rotatable bonds is 5. The van der Waals surface area contributed by atoms with Crippen LogP contribution in [0.3, 0.4) is 0 Å². The maximum Gasteiger partial charge on any atom is 0.358 e. The summed E-state index contributed by atoms with van der Waals surface area (Å²) in [5, 5.41) is 5.61. The van der Waals surface area contributed by atoms with Crippen LogP contribution < -0.4 is 5.32 Å². The van der Waals surface area contributed by atoms with Gasteiger partial charge in [-0.05, 0) is 27.4 Å². The number of hydrogen-bond donors (Lipinski definition) is 1. The van der Waals surface area contributed by atoms with Crippen LogP contribution in [0.4, 0.5) is 5.13 Å². The number of methoxy groups -OCH3 is 1. The van der Waals surface area contributed by atoms with Gasteiger partial charge in [0.15, 0.2) is 16.6 Å². The van der Waals surface area contributed by atoms with Gasteiger partial charge in [-0.1, -0.05) is 11.3 Å². The molecule has 0 saturated heterocycles. The molecule has 2 aromatic rings. The van der Waals surface area contributed by atoms with Crippen molar-refractivity contribution in [2.24, 2.45) is 0 Å². The van der Waals surface area contributed by atoms with Crippen molar-refractivity contribution in [1.29, 1.82) is 0 Å². The molecule has 0 radical (unpaired) electrons. The van der Waals surface area contributed by atoms with Crippen molar-refractivity contribution >= 4 is 55.5 Å². The lowest BCUT2D eigenvalue weighted by atomic mass is 10.3. The number of anilines is 1. The summed E-state index contributed by atoms with van der Waals surface area (Å²) in [4.78, 5) is 28.6. The zero-order chi connectivity index (χ0) is 14.7. The normalized spacial score (nSPS) is 10.3. The number of aromatic nitrogens is 1. The van der Waals surface area contributed by atoms with Gasteiger partial charge in [0, 0.05) is 16.3 Å². The van der Waals surface area contributed by atoms with Crippen LogP contribution in [0, 0.1) is 0 Å². The van der Waals surface area contributed by atoms with Crippen LogP contribution in [0.5, 0.6) is 0 Å². The Balaban J connectivity index is 2.19. The average molecular weight is 375 g/mol. The molecule has 2 aromatic heterocycles. The van der Waals surface area contributed by atoms with E-state index in [1.807, 2.05) is 11.4 Å². The summed E-state index contributed by atoms with van der Waals surface area (Å²) in [7, 11) is 1.27. The minimum Gasteiger partial charge on any atom is -0.464 e. The van der Waals surface area contributed by atoms with Gasteiger partial charge in [0.2, 0.25) is 0 Å². The number of halogens is 1. The molecule has 2 heterocycles. The maximum atomic E-state index is 11.6. The first-order chi connectivity index (χ1) is 9.52. The maximum absolute atomic E-state index is 11.6. The second kappa shape index (κ2) is 6.47. The third kappa shape index (κ3) is 3.25. The summed E-state index contributed by atoms with van der Waals surface area (Å²) < 4.78 is 5.65. The molecule has 0 spiro atoms. The number of thiazole rings is 1. The molecule has 1 N–H and O–H groups in total. The highest BCUT2D eigenvalue weighted by atomic mass is 79.9. The number of carbonyl (C=O) groups excluding carboxylic acids is 2. The van der Waals surface area contributed by atoms with Gasteiger partial charge in [0.1, 0.15) is 4.88 Å². The molecule has 0 amide bonds. The van der Waals surface area contributed by atoms with E-state index in [0.717, 1.165) is 20.7 Å². The zero-order valence-corrected chi connectivity index (χ0v) is 13.9. The van der Waals surface area contributed by atoms with Crippen LogP contribution >= 0.6 is 38.6 Å². The Kier molecular flexibility index (Phi) is 4.90. The van der Waals surface area contributed by atoms with Crippen molar-refractivity contribution in [3.8, 4) is 0 Å². The molecule has 0 atom stereocenters. The van der Waals surface area contributed by atoms with E-state index in [9.17, 15) is 9.59 Å². The highest BCUT2D eigenvalue weighted by Crippen LogP contribution is 2.27. The van der Waals surface area contributed by atoms with Crippen LogP contribution in [0.1, 0.15) is 32.0 Å². The number of thiophene rings is 1. The van der Waals surface area contributed by atoms with Crippen LogP contribution in [0.15, 0.2) is 15.9 Å². The SMILES string of the molecule is COC(=O)c1nc(NCc2sccc2Br)sc1C(C)=O. The van der Waals surface area contributed by atoms with Gasteiger partial charge < -0.3 is 10.1 Å². The van der Waals surface area contributed by atoms with E-state index in [2.05, 4.69) is 31.0 Å². The van der Waals surface area contributed by atoms with E-state index < -0.39 is 5.97 Å². The predicted molar refractivity (Wildman–Crippen MR) is 82.8 cm³/mol. The van der Waals surface area contributed by atoms with Crippen molar-refractivity contribution in [2.45, 2.75) is 13.5 Å². The van der Waals surface area contributed by atoms with E-state index >= 15 is 0 Å². The van der Waals surface area contributed by atoms with Crippen molar-refractivity contribution < 1.29 is 14.3 Å². The minimum atomic E-state index is -0.600. The second-order valence-corrected chi connectivity index (χ2v) is 6.64. The first-order valence-electron chi connectivity index (χ1n) is 5.58. The third-order valence-corrected chi connectivity index (χ3v) is 5.46. The fourth-order valence-corrected chi connectivity index (χ4v) is 3.75. The van der Waals surface area contributed by atoms with Crippen LogP contribution in [-0.2, 0) is 11.3 Å². The molecule has 20 heavy (non-hydrogen) atoms. The molecular weight excluding hydrogens is 364 g/mol. The molecule has 0 aromatic carbocycles. The molecule has 0 saturated carbocycles. The highest BCUT2D eigenvalue weighted by Gasteiger charge is 2.21. The molecule has 0 unspecified atom stereocenters. The lowest BCUT2D eigenvalue weighted by molar-refractivity contribution is 0.0591. The molecule has 0 bridgehead atoms. The average Bonchev–Trinajstić information content (AvgIpc) is 3.01. The van der Waals surface area contributed by atoms with E-state index in [0.29, 0.717) is 16.6 Å². The Bertz CT molecular complexity index is 651. The lowest BCUT2D eigenvalue weighted by Gasteiger charge is -2.00. The third-order valence-electron chi connectivity index (χ3n) is 2.42. The summed E-state index contributed by atoms with van der Waals surface area (Å²) in [6.07, 6.45) is 0. The molecule has 0 aliphatic heterocycles. The summed E-state index contributed by atoms with van der Waals surface area (Å²) in [5.74, 6) is -0.801. The Hall–Kier alpha value is -1.25. The number of nitrogens with zero attached hydrogens (tertiary/aromatic N) is 1. The standard InChI is InChI=1S/C12H11BrN2O3S2/c1-6(16)10-9(11(17)18-2)15-12(20-10)14-5-8-7(13)3-4-19-8/h3-4H,5H2,1-2H3,(H,14,15). The molecule has 0 aliphatic carbocycles. The summed E-state index contributed by atoms with van der Waals surface area (Å²) in [5.41, 5.74) is 0.0674.